The van der Waals surface area contributed by atoms with Gasteiger partial charge in [-0.15, -0.1) is 0 Å². The number of likely N-dealkylation sites (N-methyl/N-ethyl adjacent to an activating group) is 1. The first-order chi connectivity index (χ1) is 7.09. The lowest BCUT2D eigenvalue weighted by Gasteiger charge is -2.27. The van der Waals surface area contributed by atoms with Crippen LogP contribution in [-0.4, -0.2) is 18.1 Å². The highest BCUT2D eigenvalue weighted by Gasteiger charge is 2.30. The second-order valence-corrected chi connectivity index (χ2v) is 5.27. The van der Waals surface area contributed by atoms with Crippen molar-refractivity contribution in [2.24, 2.45) is 0 Å². The Morgan fingerprint density at radius 1 is 1.33 bits per heavy atom. The lowest BCUT2D eigenvalue weighted by Crippen LogP contribution is -2.38. The summed E-state index contributed by atoms with van der Waals surface area (Å²) in [6, 6.07) is 8.71. The molecule has 0 bridgehead atoms. The van der Waals surface area contributed by atoms with Gasteiger partial charge in [0.25, 0.3) is 0 Å². The van der Waals surface area contributed by atoms with Gasteiger partial charge in [0.15, 0.2) is 0 Å². The second kappa shape index (κ2) is 3.99. The highest BCUT2D eigenvalue weighted by molar-refractivity contribution is 6.29. The van der Waals surface area contributed by atoms with Gasteiger partial charge in [0.05, 0.1) is 13.6 Å². The van der Waals surface area contributed by atoms with Gasteiger partial charge >= 0.3 is 0 Å². The average molecular weight is 223 g/mol. The third-order valence-electron chi connectivity index (χ3n) is 3.04. The predicted molar refractivity (Wildman–Crippen MR) is 64.5 cm³/mol. The minimum absolute atomic E-state index is 0.894. The Morgan fingerprint density at radius 2 is 1.87 bits per heavy atom. The molecule has 1 heterocycles. The Morgan fingerprint density at radius 3 is 2.33 bits per heavy atom. The fraction of sp³-hybridized carbons (Fsp3) is 0.385. The van der Waals surface area contributed by atoms with Crippen molar-refractivity contribution < 1.29 is 4.48 Å². The van der Waals surface area contributed by atoms with Crippen LogP contribution in [0.2, 0.25) is 0 Å². The van der Waals surface area contributed by atoms with Crippen molar-refractivity contribution in [1.82, 2.24) is 0 Å². The van der Waals surface area contributed by atoms with Crippen LogP contribution in [0.4, 0.5) is 0 Å². The molecule has 80 valence electrons. The molecule has 0 radical (unpaired) electrons. The van der Waals surface area contributed by atoms with Gasteiger partial charge in [0.2, 0.25) is 0 Å². The number of halogens is 1. The van der Waals surface area contributed by atoms with Gasteiger partial charge in [-0.3, -0.25) is 0 Å². The molecule has 1 aromatic carbocycles. The van der Waals surface area contributed by atoms with Crippen LogP contribution in [0.15, 0.2) is 35.4 Å². The summed E-state index contributed by atoms with van der Waals surface area (Å²) in [4.78, 5) is 0. The topological polar surface area (TPSA) is 0 Å². The normalized spacial score (nSPS) is 19.0. The zero-order valence-corrected chi connectivity index (χ0v) is 10.1. The van der Waals surface area contributed by atoms with Gasteiger partial charge in [-0.1, -0.05) is 35.9 Å². The van der Waals surface area contributed by atoms with E-state index in [2.05, 4.69) is 37.4 Å². The molecule has 0 spiro atoms. The molecule has 2 rings (SSSR count). The van der Waals surface area contributed by atoms with Crippen molar-refractivity contribution in [3.05, 3.63) is 46.5 Å². The van der Waals surface area contributed by atoms with E-state index in [0.29, 0.717) is 0 Å². The lowest BCUT2D eigenvalue weighted by molar-refractivity contribution is -0.923. The number of hydrogen-bond donors (Lipinski definition) is 0. The average Bonchev–Trinajstić information content (AvgIpc) is 2.52. The van der Waals surface area contributed by atoms with Crippen LogP contribution >= 0.6 is 11.6 Å². The maximum Gasteiger partial charge on any atom is 0.105 e. The lowest BCUT2D eigenvalue weighted by atomic mass is 10.1. The van der Waals surface area contributed by atoms with Gasteiger partial charge in [-0.2, -0.15) is 0 Å². The Labute approximate surface area is 96.6 Å². The molecule has 1 nitrogen and oxygen atoms in total. The highest BCUT2D eigenvalue weighted by Crippen LogP contribution is 2.28. The number of hydrogen-bond acceptors (Lipinski definition) is 0. The molecule has 0 atom stereocenters. The van der Waals surface area contributed by atoms with E-state index in [1.807, 2.05) is 6.92 Å². The summed E-state index contributed by atoms with van der Waals surface area (Å²) in [5.74, 6) is 0. The van der Waals surface area contributed by atoms with Crippen molar-refractivity contribution in [3.63, 3.8) is 0 Å². The second-order valence-electron chi connectivity index (χ2n) is 4.68. The van der Waals surface area contributed by atoms with Gasteiger partial charge < -0.3 is 4.48 Å². The van der Waals surface area contributed by atoms with Crippen molar-refractivity contribution >= 4 is 11.6 Å². The molecule has 0 amide bonds. The van der Waals surface area contributed by atoms with E-state index >= 15 is 0 Å². The Balaban J connectivity index is 2.14. The first-order valence-electron chi connectivity index (χ1n) is 5.32. The molecule has 0 saturated carbocycles. The molecule has 0 aliphatic carbocycles. The predicted octanol–water partition coefficient (Wildman–Crippen LogP) is 3.29. The third kappa shape index (κ3) is 2.42. The summed E-state index contributed by atoms with van der Waals surface area (Å²) in [6.45, 7) is 5.20. The minimum Gasteiger partial charge on any atom is -0.315 e. The molecule has 0 unspecified atom stereocenters. The van der Waals surface area contributed by atoms with Gasteiger partial charge in [0, 0.05) is 16.2 Å². The molecule has 0 fully saturated rings. The van der Waals surface area contributed by atoms with Gasteiger partial charge in [-0.25, -0.2) is 0 Å². The zero-order valence-electron chi connectivity index (χ0n) is 9.33. The van der Waals surface area contributed by atoms with Crippen LogP contribution in [0.3, 0.4) is 0 Å². The summed E-state index contributed by atoms with van der Waals surface area (Å²) < 4.78 is 1.05. The Hall–Kier alpha value is -0.790. The number of allylic oxidation sites excluding steroid dienone is 1. The fourth-order valence-electron chi connectivity index (χ4n) is 2.22. The van der Waals surface area contributed by atoms with E-state index in [1.54, 1.807) is 0 Å². The van der Waals surface area contributed by atoms with Crippen molar-refractivity contribution in [1.29, 1.82) is 0 Å². The number of quaternary nitrogens is 1. The zero-order chi connectivity index (χ0) is 10.9. The van der Waals surface area contributed by atoms with Crippen LogP contribution in [0.1, 0.15) is 18.1 Å². The SMILES string of the molecule is CC(Cl)=CC[N+]1(C)Cc2ccccc2C1. The highest BCUT2D eigenvalue weighted by atomic mass is 35.5. The van der Waals surface area contributed by atoms with Gasteiger partial charge in [-0.05, 0) is 13.0 Å². The molecule has 1 aromatic rings. The van der Waals surface area contributed by atoms with E-state index < -0.39 is 0 Å². The monoisotopic (exact) mass is 222 g/mol. The molecule has 0 N–H and O–H groups in total. The van der Waals surface area contributed by atoms with E-state index in [1.165, 1.54) is 11.1 Å². The minimum atomic E-state index is 0.894. The maximum absolute atomic E-state index is 5.88. The number of nitrogens with zero attached hydrogens (tertiary/aromatic N) is 1. The van der Waals surface area contributed by atoms with E-state index in [0.717, 1.165) is 29.1 Å². The Bertz CT molecular complexity index is 366. The first kappa shape index (κ1) is 10.7. The standard InChI is InChI=1S/C13H17ClN/c1-11(14)7-8-15(2)9-12-5-3-4-6-13(12)10-15/h3-7H,8-10H2,1-2H3/q+1. The summed E-state index contributed by atoms with van der Waals surface area (Å²) in [6.07, 6.45) is 2.12. The number of benzene rings is 1. The third-order valence-corrected chi connectivity index (χ3v) is 3.19. The number of rotatable bonds is 2. The molecule has 2 heteroatoms. The fourth-order valence-corrected chi connectivity index (χ4v) is 2.29. The van der Waals surface area contributed by atoms with E-state index in [9.17, 15) is 0 Å². The summed E-state index contributed by atoms with van der Waals surface area (Å²) in [5, 5.41) is 0.894. The van der Waals surface area contributed by atoms with Crippen molar-refractivity contribution in [3.8, 4) is 0 Å². The van der Waals surface area contributed by atoms with E-state index in [-0.39, 0.29) is 0 Å². The quantitative estimate of drug-likeness (QED) is 0.674. The van der Waals surface area contributed by atoms with Crippen LogP contribution in [0.5, 0.6) is 0 Å². The van der Waals surface area contributed by atoms with Crippen LogP contribution < -0.4 is 0 Å². The van der Waals surface area contributed by atoms with Crippen molar-refractivity contribution in [2.45, 2.75) is 20.0 Å². The van der Waals surface area contributed by atoms with Gasteiger partial charge in [0.1, 0.15) is 13.1 Å². The molecular weight excluding hydrogens is 206 g/mol. The molecule has 1 aliphatic rings. The maximum atomic E-state index is 5.88. The molecular formula is C13H17ClN+. The van der Waals surface area contributed by atoms with Crippen LogP contribution in [-0.2, 0) is 13.1 Å². The summed E-state index contributed by atoms with van der Waals surface area (Å²) >= 11 is 5.88. The van der Waals surface area contributed by atoms with Crippen LogP contribution in [0.25, 0.3) is 0 Å². The molecule has 15 heavy (non-hydrogen) atoms. The Kier molecular flexibility index (Phi) is 2.85. The van der Waals surface area contributed by atoms with E-state index in [4.69, 9.17) is 11.6 Å². The molecule has 1 aliphatic heterocycles. The first-order valence-corrected chi connectivity index (χ1v) is 5.69. The smallest absolute Gasteiger partial charge is 0.105 e. The van der Waals surface area contributed by atoms with Crippen LogP contribution in [0, 0.1) is 0 Å². The summed E-state index contributed by atoms with van der Waals surface area (Å²) in [5.41, 5.74) is 2.97. The number of fused-ring (bicyclic) bond motifs is 1. The van der Waals surface area contributed by atoms with Crippen molar-refractivity contribution in [2.75, 3.05) is 13.6 Å². The largest absolute Gasteiger partial charge is 0.315 e. The molecule has 0 saturated heterocycles. The molecule has 0 aromatic heterocycles. The summed E-state index contributed by atoms with van der Waals surface area (Å²) in [7, 11) is 2.29.